The topological polar surface area (TPSA) is 24.9 Å². The van der Waals surface area contributed by atoms with Crippen molar-refractivity contribution in [2.75, 3.05) is 12.3 Å². The third-order valence-electron chi connectivity index (χ3n) is 2.44. The molecule has 98 valence electrons. The van der Waals surface area contributed by atoms with E-state index in [4.69, 9.17) is 0 Å². The number of thiazole rings is 1. The highest BCUT2D eigenvalue weighted by Crippen LogP contribution is 2.15. The number of rotatable bonds is 8. The van der Waals surface area contributed by atoms with Crippen LogP contribution in [0.4, 0.5) is 0 Å². The SMILES string of the molecule is CCCNC(CSC(C)C)Cc1csc(C)n1. The Hall–Kier alpha value is -0.0600. The highest BCUT2D eigenvalue weighted by molar-refractivity contribution is 7.99. The van der Waals surface area contributed by atoms with Crippen molar-refractivity contribution >= 4 is 23.1 Å². The van der Waals surface area contributed by atoms with Crippen LogP contribution in [-0.2, 0) is 6.42 Å². The summed E-state index contributed by atoms with van der Waals surface area (Å²) < 4.78 is 0. The van der Waals surface area contributed by atoms with Crippen molar-refractivity contribution in [3.8, 4) is 0 Å². The molecule has 0 aliphatic heterocycles. The Morgan fingerprint density at radius 1 is 1.47 bits per heavy atom. The van der Waals surface area contributed by atoms with Crippen LogP contribution in [0, 0.1) is 6.92 Å². The molecule has 0 aromatic carbocycles. The molecular weight excluding hydrogens is 248 g/mol. The van der Waals surface area contributed by atoms with Gasteiger partial charge in [-0.15, -0.1) is 11.3 Å². The first-order valence-corrected chi connectivity index (χ1v) is 8.30. The van der Waals surface area contributed by atoms with E-state index >= 15 is 0 Å². The molecule has 0 radical (unpaired) electrons. The van der Waals surface area contributed by atoms with Crippen molar-refractivity contribution in [1.82, 2.24) is 10.3 Å². The third kappa shape index (κ3) is 6.43. The fourth-order valence-electron chi connectivity index (χ4n) is 1.60. The average Bonchev–Trinajstić information content (AvgIpc) is 2.68. The molecule has 2 nitrogen and oxygen atoms in total. The molecule has 0 fully saturated rings. The van der Waals surface area contributed by atoms with Crippen LogP contribution in [0.25, 0.3) is 0 Å². The van der Waals surface area contributed by atoms with Gasteiger partial charge in [0.1, 0.15) is 0 Å². The molecule has 0 spiro atoms. The quantitative estimate of drug-likeness (QED) is 0.784. The number of aryl methyl sites for hydroxylation is 1. The van der Waals surface area contributed by atoms with Crippen molar-refractivity contribution in [1.29, 1.82) is 0 Å². The van der Waals surface area contributed by atoms with E-state index in [-0.39, 0.29) is 0 Å². The number of hydrogen-bond acceptors (Lipinski definition) is 4. The molecule has 4 heteroatoms. The molecule has 1 rings (SSSR count). The molecule has 0 aliphatic carbocycles. The molecule has 0 bridgehead atoms. The first-order valence-electron chi connectivity index (χ1n) is 6.37. The van der Waals surface area contributed by atoms with Crippen LogP contribution in [0.1, 0.15) is 37.9 Å². The maximum atomic E-state index is 4.55. The number of aromatic nitrogens is 1. The minimum atomic E-state index is 0.559. The summed E-state index contributed by atoms with van der Waals surface area (Å²) in [5, 5.41) is 7.70. The summed E-state index contributed by atoms with van der Waals surface area (Å²) in [4.78, 5) is 4.55. The second-order valence-electron chi connectivity index (χ2n) is 4.60. The van der Waals surface area contributed by atoms with Gasteiger partial charge in [-0.25, -0.2) is 4.98 Å². The molecule has 1 aromatic rings. The number of thioether (sulfide) groups is 1. The van der Waals surface area contributed by atoms with Crippen LogP contribution in [-0.4, -0.2) is 28.6 Å². The highest BCUT2D eigenvalue weighted by atomic mass is 32.2. The van der Waals surface area contributed by atoms with Crippen molar-refractivity contribution in [3.05, 3.63) is 16.1 Å². The molecular formula is C13H24N2S2. The Labute approximate surface area is 114 Å². The van der Waals surface area contributed by atoms with Crippen LogP contribution < -0.4 is 5.32 Å². The molecule has 1 atom stereocenters. The van der Waals surface area contributed by atoms with Gasteiger partial charge >= 0.3 is 0 Å². The number of hydrogen-bond donors (Lipinski definition) is 1. The van der Waals surface area contributed by atoms with E-state index in [1.165, 1.54) is 22.9 Å². The normalized spacial score (nSPS) is 13.2. The van der Waals surface area contributed by atoms with E-state index < -0.39 is 0 Å². The Kier molecular flexibility index (Phi) is 7.16. The lowest BCUT2D eigenvalue weighted by Gasteiger charge is -2.18. The average molecular weight is 272 g/mol. The Bertz CT molecular complexity index is 310. The largest absolute Gasteiger partial charge is 0.313 e. The molecule has 0 aliphatic rings. The summed E-state index contributed by atoms with van der Waals surface area (Å²) in [5.41, 5.74) is 1.24. The van der Waals surface area contributed by atoms with Gasteiger partial charge in [-0.2, -0.15) is 11.8 Å². The molecule has 1 heterocycles. The molecule has 17 heavy (non-hydrogen) atoms. The highest BCUT2D eigenvalue weighted by Gasteiger charge is 2.11. The monoisotopic (exact) mass is 272 g/mol. The maximum absolute atomic E-state index is 4.55. The van der Waals surface area contributed by atoms with Gasteiger partial charge in [-0.05, 0) is 25.1 Å². The van der Waals surface area contributed by atoms with E-state index in [9.17, 15) is 0 Å². The minimum Gasteiger partial charge on any atom is -0.313 e. The van der Waals surface area contributed by atoms with Gasteiger partial charge in [0.15, 0.2) is 0 Å². The van der Waals surface area contributed by atoms with Crippen LogP contribution in [0.15, 0.2) is 5.38 Å². The zero-order chi connectivity index (χ0) is 12.7. The summed E-state index contributed by atoms with van der Waals surface area (Å²) in [6, 6.07) is 0.559. The van der Waals surface area contributed by atoms with E-state index in [2.05, 4.69) is 43.4 Å². The molecule has 1 aromatic heterocycles. The van der Waals surface area contributed by atoms with Crippen molar-refractivity contribution in [2.24, 2.45) is 0 Å². The minimum absolute atomic E-state index is 0.559. The van der Waals surface area contributed by atoms with Crippen LogP contribution in [0.5, 0.6) is 0 Å². The zero-order valence-electron chi connectivity index (χ0n) is 11.3. The molecule has 0 amide bonds. The predicted molar refractivity (Wildman–Crippen MR) is 80.2 cm³/mol. The molecule has 0 saturated carbocycles. The number of nitrogens with zero attached hydrogens (tertiary/aromatic N) is 1. The lowest BCUT2D eigenvalue weighted by molar-refractivity contribution is 0.545. The molecule has 0 saturated heterocycles. The van der Waals surface area contributed by atoms with Gasteiger partial charge in [0, 0.05) is 23.6 Å². The van der Waals surface area contributed by atoms with E-state index in [0.29, 0.717) is 11.3 Å². The summed E-state index contributed by atoms with van der Waals surface area (Å²) >= 11 is 3.78. The summed E-state index contributed by atoms with van der Waals surface area (Å²) in [6.07, 6.45) is 2.25. The van der Waals surface area contributed by atoms with Crippen molar-refractivity contribution in [2.45, 2.75) is 51.8 Å². The predicted octanol–water partition coefficient (Wildman–Crippen LogP) is 3.50. The number of nitrogens with one attached hydrogen (secondary N) is 1. The van der Waals surface area contributed by atoms with Crippen molar-refractivity contribution < 1.29 is 0 Å². The van der Waals surface area contributed by atoms with Crippen LogP contribution >= 0.6 is 23.1 Å². The summed E-state index contributed by atoms with van der Waals surface area (Å²) in [5.74, 6) is 1.17. The maximum Gasteiger partial charge on any atom is 0.0897 e. The van der Waals surface area contributed by atoms with E-state index in [0.717, 1.165) is 13.0 Å². The van der Waals surface area contributed by atoms with Gasteiger partial charge in [0.05, 0.1) is 10.7 Å². The molecule has 1 N–H and O–H groups in total. The van der Waals surface area contributed by atoms with Crippen LogP contribution in [0.3, 0.4) is 0 Å². The zero-order valence-corrected chi connectivity index (χ0v) is 13.0. The molecule has 1 unspecified atom stereocenters. The Morgan fingerprint density at radius 3 is 2.76 bits per heavy atom. The lowest BCUT2D eigenvalue weighted by Crippen LogP contribution is -2.34. The van der Waals surface area contributed by atoms with E-state index in [1.54, 1.807) is 11.3 Å². The third-order valence-corrected chi connectivity index (χ3v) is 4.52. The standard InChI is InChI=1S/C13H24N2S2/c1-5-6-14-12(8-16-10(2)3)7-13-9-17-11(4)15-13/h9-10,12,14H,5-8H2,1-4H3. The summed E-state index contributed by atoms with van der Waals surface area (Å²) in [6.45, 7) is 9.91. The fourth-order valence-corrected chi connectivity index (χ4v) is 3.08. The summed E-state index contributed by atoms with van der Waals surface area (Å²) in [7, 11) is 0. The Morgan fingerprint density at radius 2 is 2.24 bits per heavy atom. The van der Waals surface area contributed by atoms with Gasteiger partial charge in [0.2, 0.25) is 0 Å². The smallest absolute Gasteiger partial charge is 0.0897 e. The Balaban J connectivity index is 2.44. The van der Waals surface area contributed by atoms with Gasteiger partial charge < -0.3 is 5.32 Å². The lowest BCUT2D eigenvalue weighted by atomic mass is 10.2. The fraction of sp³-hybridized carbons (Fsp3) is 0.769. The van der Waals surface area contributed by atoms with Gasteiger partial charge in [-0.1, -0.05) is 20.8 Å². The second-order valence-corrected chi connectivity index (χ2v) is 7.27. The van der Waals surface area contributed by atoms with Crippen molar-refractivity contribution in [3.63, 3.8) is 0 Å². The second kappa shape index (κ2) is 8.11. The van der Waals surface area contributed by atoms with Gasteiger partial charge in [-0.3, -0.25) is 0 Å². The van der Waals surface area contributed by atoms with Crippen LogP contribution in [0.2, 0.25) is 0 Å². The van der Waals surface area contributed by atoms with Gasteiger partial charge in [0.25, 0.3) is 0 Å². The van der Waals surface area contributed by atoms with E-state index in [1.807, 2.05) is 11.8 Å². The first kappa shape index (κ1) is 15.0. The first-order chi connectivity index (χ1) is 8.11.